The van der Waals surface area contributed by atoms with Crippen molar-refractivity contribution in [2.24, 2.45) is 0 Å². The van der Waals surface area contributed by atoms with Crippen molar-refractivity contribution in [3.05, 3.63) is 82.0 Å². The van der Waals surface area contributed by atoms with Crippen molar-refractivity contribution in [2.75, 3.05) is 5.32 Å². The van der Waals surface area contributed by atoms with Gasteiger partial charge in [0.05, 0.1) is 27.8 Å². The molecule has 1 amide bonds. The number of aromatic nitrogens is 3. The zero-order valence-corrected chi connectivity index (χ0v) is 18.0. The number of amides is 1. The lowest BCUT2D eigenvalue weighted by molar-refractivity contribution is 0.103. The van der Waals surface area contributed by atoms with E-state index in [2.05, 4.69) is 20.3 Å². The number of rotatable bonds is 4. The van der Waals surface area contributed by atoms with Gasteiger partial charge in [-0.1, -0.05) is 41.4 Å². The molecule has 31 heavy (non-hydrogen) atoms. The Kier molecular flexibility index (Phi) is 5.15. The molecule has 3 heterocycles. The molecule has 0 aliphatic rings. The molecule has 5 rings (SSSR count). The molecule has 0 fully saturated rings. The molecule has 0 unspecified atom stereocenters. The molecule has 0 aliphatic heterocycles. The van der Waals surface area contributed by atoms with Crippen LogP contribution in [0.4, 0.5) is 5.69 Å². The SMILES string of the molecule is O=C(Nc1ccc(Oc2ncnc3cc(Cl)ccc23)nc1)c1sc2ccccc2c1Cl. The van der Waals surface area contributed by atoms with E-state index < -0.39 is 0 Å². The van der Waals surface area contributed by atoms with Crippen molar-refractivity contribution in [1.82, 2.24) is 15.0 Å². The van der Waals surface area contributed by atoms with Gasteiger partial charge in [0, 0.05) is 21.2 Å². The Labute approximate surface area is 190 Å². The minimum atomic E-state index is -0.291. The van der Waals surface area contributed by atoms with Crippen molar-refractivity contribution in [3.63, 3.8) is 0 Å². The standard InChI is InChI=1S/C22H12Cl2N4O2S/c23-12-5-7-14-16(9-12)26-11-27-22(14)30-18-8-6-13(10-25-18)28-21(29)20-19(24)15-3-1-2-4-17(15)31-20/h1-11H,(H,28,29). The molecule has 0 atom stereocenters. The molecule has 0 saturated carbocycles. The first-order valence-electron chi connectivity index (χ1n) is 9.11. The van der Waals surface area contributed by atoms with Crippen LogP contribution in [0.15, 0.2) is 67.1 Å². The van der Waals surface area contributed by atoms with Crippen LogP contribution in [-0.2, 0) is 0 Å². The molecule has 6 nitrogen and oxygen atoms in total. The van der Waals surface area contributed by atoms with Gasteiger partial charge in [0.2, 0.25) is 11.8 Å². The van der Waals surface area contributed by atoms with Crippen LogP contribution in [0.5, 0.6) is 11.8 Å². The molecule has 0 saturated heterocycles. The van der Waals surface area contributed by atoms with Gasteiger partial charge in [-0.05, 0) is 30.3 Å². The Hall–Kier alpha value is -3.26. The van der Waals surface area contributed by atoms with Crippen LogP contribution in [0.25, 0.3) is 21.0 Å². The third kappa shape index (κ3) is 3.90. The molecule has 0 aliphatic carbocycles. The second kappa shape index (κ2) is 8.11. The molecule has 5 aromatic rings. The Bertz CT molecular complexity index is 1440. The number of halogens is 2. The van der Waals surface area contributed by atoms with Crippen LogP contribution >= 0.6 is 34.5 Å². The lowest BCUT2D eigenvalue weighted by Gasteiger charge is -2.08. The van der Waals surface area contributed by atoms with Gasteiger partial charge in [0.1, 0.15) is 11.2 Å². The second-order valence-corrected chi connectivity index (χ2v) is 8.39. The molecule has 2 aromatic carbocycles. The highest BCUT2D eigenvalue weighted by molar-refractivity contribution is 7.21. The van der Waals surface area contributed by atoms with Crippen molar-refractivity contribution >= 4 is 67.1 Å². The highest BCUT2D eigenvalue weighted by Crippen LogP contribution is 2.35. The number of fused-ring (bicyclic) bond motifs is 2. The lowest BCUT2D eigenvalue weighted by atomic mass is 10.2. The number of hydrogen-bond acceptors (Lipinski definition) is 6. The Balaban J connectivity index is 1.34. The minimum absolute atomic E-state index is 0.291. The van der Waals surface area contributed by atoms with Gasteiger partial charge in [-0.3, -0.25) is 4.79 Å². The smallest absolute Gasteiger partial charge is 0.267 e. The summed E-state index contributed by atoms with van der Waals surface area (Å²) in [6.07, 6.45) is 2.91. The average Bonchev–Trinajstić information content (AvgIpc) is 3.12. The van der Waals surface area contributed by atoms with Gasteiger partial charge in [0.15, 0.2) is 0 Å². The second-order valence-electron chi connectivity index (χ2n) is 6.52. The van der Waals surface area contributed by atoms with E-state index in [4.69, 9.17) is 27.9 Å². The van der Waals surface area contributed by atoms with Crippen molar-refractivity contribution < 1.29 is 9.53 Å². The Morgan fingerprint density at radius 2 is 1.84 bits per heavy atom. The maximum atomic E-state index is 12.7. The molecule has 152 valence electrons. The van der Waals surface area contributed by atoms with E-state index in [-0.39, 0.29) is 5.91 Å². The fourth-order valence-corrected chi connectivity index (χ4v) is 4.63. The first-order chi connectivity index (χ1) is 15.1. The average molecular weight is 467 g/mol. The fraction of sp³-hybridized carbons (Fsp3) is 0. The molecule has 0 spiro atoms. The summed E-state index contributed by atoms with van der Waals surface area (Å²) < 4.78 is 6.75. The molecule has 0 radical (unpaired) electrons. The van der Waals surface area contributed by atoms with E-state index in [9.17, 15) is 4.79 Å². The molecule has 3 aromatic heterocycles. The van der Waals surface area contributed by atoms with Gasteiger partial charge in [-0.15, -0.1) is 11.3 Å². The predicted octanol–water partition coefficient (Wildman–Crippen LogP) is 6.59. The number of nitrogens with zero attached hydrogens (tertiary/aromatic N) is 3. The Morgan fingerprint density at radius 1 is 0.968 bits per heavy atom. The highest BCUT2D eigenvalue weighted by Gasteiger charge is 2.17. The summed E-state index contributed by atoms with van der Waals surface area (Å²) in [6.45, 7) is 0. The van der Waals surface area contributed by atoms with E-state index in [1.807, 2.05) is 24.3 Å². The number of carbonyl (C=O) groups excluding carboxylic acids is 1. The van der Waals surface area contributed by atoms with Crippen LogP contribution in [0.2, 0.25) is 10.0 Å². The summed E-state index contributed by atoms with van der Waals surface area (Å²) >= 11 is 13.7. The van der Waals surface area contributed by atoms with Gasteiger partial charge in [-0.25, -0.2) is 15.0 Å². The van der Waals surface area contributed by atoms with Gasteiger partial charge in [0.25, 0.3) is 5.91 Å². The highest BCUT2D eigenvalue weighted by atomic mass is 35.5. The van der Waals surface area contributed by atoms with Gasteiger partial charge >= 0.3 is 0 Å². The van der Waals surface area contributed by atoms with Crippen molar-refractivity contribution in [2.45, 2.75) is 0 Å². The fourth-order valence-electron chi connectivity index (χ4n) is 3.05. The largest absolute Gasteiger partial charge is 0.420 e. The number of thiophene rings is 1. The van der Waals surface area contributed by atoms with E-state index in [0.29, 0.717) is 43.3 Å². The minimum Gasteiger partial charge on any atom is -0.420 e. The normalized spacial score (nSPS) is 11.0. The van der Waals surface area contributed by atoms with Gasteiger partial charge < -0.3 is 10.1 Å². The van der Waals surface area contributed by atoms with E-state index in [1.165, 1.54) is 23.9 Å². The quantitative estimate of drug-likeness (QED) is 0.323. The van der Waals surface area contributed by atoms with Crippen molar-refractivity contribution in [1.29, 1.82) is 0 Å². The van der Waals surface area contributed by atoms with Crippen LogP contribution < -0.4 is 10.1 Å². The number of carbonyl (C=O) groups is 1. The molecular formula is C22H12Cl2N4O2S. The Morgan fingerprint density at radius 3 is 2.65 bits per heavy atom. The van der Waals surface area contributed by atoms with Crippen LogP contribution in [0.3, 0.4) is 0 Å². The maximum Gasteiger partial charge on any atom is 0.267 e. The third-order valence-electron chi connectivity index (χ3n) is 4.50. The predicted molar refractivity (Wildman–Crippen MR) is 124 cm³/mol. The van der Waals surface area contributed by atoms with Gasteiger partial charge in [-0.2, -0.15) is 0 Å². The number of nitrogens with one attached hydrogen (secondary N) is 1. The first-order valence-corrected chi connectivity index (χ1v) is 10.7. The third-order valence-corrected chi connectivity index (χ3v) is 6.41. The summed E-state index contributed by atoms with van der Waals surface area (Å²) in [6, 6.07) is 16.2. The summed E-state index contributed by atoms with van der Waals surface area (Å²) in [5.41, 5.74) is 1.19. The van der Waals surface area contributed by atoms with Crippen LogP contribution in [0, 0.1) is 0 Å². The molecule has 0 bridgehead atoms. The number of ether oxygens (including phenoxy) is 1. The monoisotopic (exact) mass is 466 g/mol. The van der Waals surface area contributed by atoms with E-state index in [1.54, 1.807) is 30.3 Å². The van der Waals surface area contributed by atoms with E-state index in [0.717, 1.165) is 10.1 Å². The van der Waals surface area contributed by atoms with Crippen LogP contribution in [0.1, 0.15) is 9.67 Å². The summed E-state index contributed by atoms with van der Waals surface area (Å²) in [4.78, 5) is 25.8. The summed E-state index contributed by atoms with van der Waals surface area (Å²) in [5.74, 6) is 0.399. The van der Waals surface area contributed by atoms with Crippen LogP contribution in [-0.4, -0.2) is 20.9 Å². The molecule has 1 N–H and O–H groups in total. The lowest BCUT2D eigenvalue weighted by Crippen LogP contribution is -2.10. The zero-order chi connectivity index (χ0) is 21.4. The number of benzene rings is 2. The zero-order valence-electron chi connectivity index (χ0n) is 15.7. The summed E-state index contributed by atoms with van der Waals surface area (Å²) in [7, 11) is 0. The first kappa shape index (κ1) is 19.7. The maximum absolute atomic E-state index is 12.7. The topological polar surface area (TPSA) is 77.0 Å². The summed E-state index contributed by atoms with van der Waals surface area (Å²) in [5, 5.41) is 5.41. The molecule has 9 heteroatoms. The molecular weight excluding hydrogens is 455 g/mol. The van der Waals surface area contributed by atoms with E-state index >= 15 is 0 Å². The number of anilines is 1. The van der Waals surface area contributed by atoms with Crippen molar-refractivity contribution in [3.8, 4) is 11.8 Å². The number of pyridine rings is 1. The number of hydrogen-bond donors (Lipinski definition) is 1.